The van der Waals surface area contributed by atoms with E-state index >= 15 is 0 Å². The molecule has 3 aromatic rings. The number of benzene rings is 1. The molecule has 1 atom stereocenters. The van der Waals surface area contributed by atoms with Gasteiger partial charge in [0.15, 0.2) is 0 Å². The fourth-order valence-electron chi connectivity index (χ4n) is 3.41. The Kier molecular flexibility index (Phi) is 5.62. The highest BCUT2D eigenvalue weighted by atomic mass is 32.1. The number of nitrogens with zero attached hydrogens (tertiary/aromatic N) is 3. The van der Waals surface area contributed by atoms with Gasteiger partial charge in [0, 0.05) is 30.5 Å². The molecule has 0 spiro atoms. The maximum Gasteiger partial charge on any atom is 0.246 e. The number of hydrogen-bond donors (Lipinski definition) is 0. The highest BCUT2D eigenvalue weighted by molar-refractivity contribution is 7.10. The molecule has 1 fully saturated rings. The summed E-state index contributed by atoms with van der Waals surface area (Å²) in [6.07, 6.45) is 6.01. The molecule has 1 unspecified atom stereocenters. The van der Waals surface area contributed by atoms with Crippen molar-refractivity contribution in [3.8, 4) is 11.4 Å². The van der Waals surface area contributed by atoms with Gasteiger partial charge in [-0.05, 0) is 48.4 Å². The number of amides is 1. The van der Waals surface area contributed by atoms with Crippen molar-refractivity contribution in [3.63, 3.8) is 0 Å². The van der Waals surface area contributed by atoms with Crippen molar-refractivity contribution in [2.45, 2.75) is 19.3 Å². The third-order valence-electron chi connectivity index (χ3n) is 4.81. The molecule has 1 aliphatic heterocycles. The SMILES string of the molecule is O=C(/C=C\c1cccs1)N1CCCC(Cc2nc(-c3ccccc3F)no2)C1. The van der Waals surface area contributed by atoms with Gasteiger partial charge in [0.2, 0.25) is 17.6 Å². The van der Waals surface area contributed by atoms with Gasteiger partial charge in [-0.15, -0.1) is 11.3 Å². The fourth-order valence-corrected chi connectivity index (χ4v) is 4.03. The molecule has 3 heterocycles. The quantitative estimate of drug-likeness (QED) is 0.598. The summed E-state index contributed by atoms with van der Waals surface area (Å²) in [5, 5.41) is 5.90. The molecular weight excluding hydrogens is 377 g/mol. The molecule has 5 nitrogen and oxygen atoms in total. The average molecular weight is 397 g/mol. The van der Waals surface area contributed by atoms with Gasteiger partial charge in [-0.3, -0.25) is 4.79 Å². The summed E-state index contributed by atoms with van der Waals surface area (Å²) in [4.78, 5) is 19.7. The summed E-state index contributed by atoms with van der Waals surface area (Å²) in [7, 11) is 0. The van der Waals surface area contributed by atoms with Crippen LogP contribution < -0.4 is 0 Å². The van der Waals surface area contributed by atoms with Crippen LogP contribution in [0.25, 0.3) is 17.5 Å². The van der Waals surface area contributed by atoms with Crippen LogP contribution in [0.15, 0.2) is 52.4 Å². The van der Waals surface area contributed by atoms with Gasteiger partial charge in [-0.2, -0.15) is 4.98 Å². The first-order chi connectivity index (χ1) is 13.7. The minimum absolute atomic E-state index is 0.0238. The number of likely N-dealkylation sites (tertiary alicyclic amines) is 1. The molecule has 144 valence electrons. The van der Waals surface area contributed by atoms with Crippen LogP contribution in [-0.2, 0) is 11.2 Å². The second kappa shape index (κ2) is 8.48. The van der Waals surface area contributed by atoms with Gasteiger partial charge in [0.1, 0.15) is 5.82 Å². The van der Waals surface area contributed by atoms with Crippen LogP contribution in [0.3, 0.4) is 0 Å². The normalized spacial score (nSPS) is 17.3. The Balaban J connectivity index is 1.38. The third kappa shape index (κ3) is 4.36. The first-order valence-electron chi connectivity index (χ1n) is 9.27. The zero-order valence-electron chi connectivity index (χ0n) is 15.3. The lowest BCUT2D eigenvalue weighted by atomic mass is 9.94. The molecule has 0 aliphatic carbocycles. The van der Waals surface area contributed by atoms with E-state index in [-0.39, 0.29) is 23.5 Å². The Morgan fingerprint density at radius 2 is 2.21 bits per heavy atom. The van der Waals surface area contributed by atoms with Crippen LogP contribution in [0.4, 0.5) is 4.39 Å². The van der Waals surface area contributed by atoms with E-state index in [1.807, 2.05) is 28.5 Å². The highest BCUT2D eigenvalue weighted by Crippen LogP contribution is 2.24. The maximum atomic E-state index is 13.9. The van der Waals surface area contributed by atoms with Crippen molar-refractivity contribution in [1.82, 2.24) is 15.0 Å². The summed E-state index contributed by atoms with van der Waals surface area (Å²) in [5.74, 6) is 0.640. The zero-order chi connectivity index (χ0) is 19.3. The van der Waals surface area contributed by atoms with Gasteiger partial charge in [-0.1, -0.05) is 23.4 Å². The fraction of sp³-hybridized carbons (Fsp3) is 0.286. The first kappa shape index (κ1) is 18.6. The second-order valence-corrected chi connectivity index (χ2v) is 7.82. The van der Waals surface area contributed by atoms with Crippen LogP contribution in [0.1, 0.15) is 23.6 Å². The molecule has 1 aliphatic rings. The van der Waals surface area contributed by atoms with Crippen molar-refractivity contribution < 1.29 is 13.7 Å². The van der Waals surface area contributed by atoms with Crippen LogP contribution in [0.5, 0.6) is 0 Å². The van der Waals surface area contributed by atoms with E-state index in [4.69, 9.17) is 4.52 Å². The number of aromatic nitrogens is 2. The first-order valence-corrected chi connectivity index (χ1v) is 10.1. The molecule has 0 bridgehead atoms. The van der Waals surface area contributed by atoms with E-state index in [2.05, 4.69) is 10.1 Å². The Morgan fingerprint density at radius 1 is 1.32 bits per heavy atom. The van der Waals surface area contributed by atoms with Gasteiger partial charge < -0.3 is 9.42 Å². The molecule has 2 aromatic heterocycles. The Labute approximate surface area is 166 Å². The van der Waals surface area contributed by atoms with Crippen LogP contribution in [0.2, 0.25) is 0 Å². The Bertz CT molecular complexity index is 968. The molecular formula is C21H20FN3O2S. The number of rotatable bonds is 5. The average Bonchev–Trinajstić information content (AvgIpc) is 3.39. The number of piperidine rings is 1. The minimum atomic E-state index is -0.373. The van der Waals surface area contributed by atoms with Crippen molar-refractivity contribution in [2.24, 2.45) is 5.92 Å². The van der Waals surface area contributed by atoms with Gasteiger partial charge >= 0.3 is 0 Å². The Morgan fingerprint density at radius 3 is 3.04 bits per heavy atom. The maximum absolute atomic E-state index is 13.9. The molecule has 4 rings (SSSR count). The standard InChI is InChI=1S/C21H20FN3O2S/c22-18-8-2-1-7-17(18)21-23-19(27-24-21)13-15-5-3-11-25(14-15)20(26)10-9-16-6-4-12-28-16/h1-2,4,6-10,12,15H,3,5,11,13-14H2/b10-9-. The molecule has 1 saturated heterocycles. The monoisotopic (exact) mass is 397 g/mol. The third-order valence-corrected chi connectivity index (χ3v) is 5.65. The largest absolute Gasteiger partial charge is 0.339 e. The molecule has 7 heteroatoms. The lowest BCUT2D eigenvalue weighted by molar-refractivity contribution is -0.127. The number of thiophene rings is 1. The topological polar surface area (TPSA) is 59.2 Å². The molecule has 28 heavy (non-hydrogen) atoms. The Hall–Kier alpha value is -2.80. The summed E-state index contributed by atoms with van der Waals surface area (Å²) in [6.45, 7) is 1.42. The molecule has 0 radical (unpaired) electrons. The van der Waals surface area contributed by atoms with Gasteiger partial charge in [0.05, 0.1) is 5.56 Å². The van der Waals surface area contributed by atoms with Crippen molar-refractivity contribution in [1.29, 1.82) is 0 Å². The van der Waals surface area contributed by atoms with E-state index < -0.39 is 0 Å². The van der Waals surface area contributed by atoms with Gasteiger partial charge in [-0.25, -0.2) is 4.39 Å². The van der Waals surface area contributed by atoms with E-state index in [1.165, 1.54) is 6.07 Å². The summed E-state index contributed by atoms with van der Waals surface area (Å²) in [6, 6.07) is 10.3. The smallest absolute Gasteiger partial charge is 0.246 e. The lowest BCUT2D eigenvalue weighted by Crippen LogP contribution is -2.39. The summed E-state index contributed by atoms with van der Waals surface area (Å²) >= 11 is 1.60. The number of hydrogen-bond acceptors (Lipinski definition) is 5. The van der Waals surface area contributed by atoms with Crippen molar-refractivity contribution in [3.05, 3.63) is 64.4 Å². The van der Waals surface area contributed by atoms with Gasteiger partial charge in [0.25, 0.3) is 0 Å². The molecule has 1 amide bonds. The molecule has 0 N–H and O–H groups in total. The van der Waals surface area contributed by atoms with E-state index in [0.717, 1.165) is 24.3 Å². The predicted octanol–water partition coefficient (Wildman–Crippen LogP) is 4.43. The second-order valence-electron chi connectivity index (χ2n) is 6.84. The van der Waals surface area contributed by atoms with E-state index in [1.54, 1.807) is 35.6 Å². The van der Waals surface area contributed by atoms with Crippen LogP contribution >= 0.6 is 11.3 Å². The lowest BCUT2D eigenvalue weighted by Gasteiger charge is -2.31. The summed E-state index contributed by atoms with van der Waals surface area (Å²) in [5.41, 5.74) is 0.330. The number of carbonyl (C=O) groups excluding carboxylic acids is 1. The van der Waals surface area contributed by atoms with E-state index in [9.17, 15) is 9.18 Å². The number of carbonyl (C=O) groups is 1. The summed E-state index contributed by atoms with van der Waals surface area (Å²) < 4.78 is 19.2. The van der Waals surface area contributed by atoms with Crippen LogP contribution in [-0.4, -0.2) is 34.0 Å². The van der Waals surface area contributed by atoms with Crippen molar-refractivity contribution in [2.75, 3.05) is 13.1 Å². The minimum Gasteiger partial charge on any atom is -0.339 e. The van der Waals surface area contributed by atoms with Crippen molar-refractivity contribution >= 4 is 23.3 Å². The van der Waals surface area contributed by atoms with Crippen LogP contribution in [0, 0.1) is 11.7 Å². The molecule has 0 saturated carbocycles. The highest BCUT2D eigenvalue weighted by Gasteiger charge is 2.25. The zero-order valence-corrected chi connectivity index (χ0v) is 16.1. The van der Waals surface area contributed by atoms with E-state index in [0.29, 0.717) is 24.4 Å². The predicted molar refractivity (Wildman–Crippen MR) is 106 cm³/mol. The molecule has 1 aromatic carbocycles. The number of halogens is 1.